The zero-order chi connectivity index (χ0) is 20.8. The first-order valence-electron chi connectivity index (χ1n) is 8.98. The monoisotopic (exact) mass is 391 g/mol. The summed E-state index contributed by atoms with van der Waals surface area (Å²) in [4.78, 5) is 49.8. The second-order valence-corrected chi connectivity index (χ2v) is 6.77. The molecule has 28 heavy (non-hydrogen) atoms. The van der Waals surface area contributed by atoms with Crippen molar-refractivity contribution < 1.29 is 28.7 Å². The Morgan fingerprint density at radius 3 is 2.50 bits per heavy atom. The summed E-state index contributed by atoms with van der Waals surface area (Å²) in [6.45, 7) is 4.99. The number of rotatable bonds is 6. The van der Waals surface area contributed by atoms with Crippen LogP contribution in [0.1, 0.15) is 27.2 Å². The molecule has 0 radical (unpaired) electrons. The highest BCUT2D eigenvalue weighted by molar-refractivity contribution is 6.01. The fourth-order valence-electron chi connectivity index (χ4n) is 2.79. The first-order chi connectivity index (χ1) is 13.2. The molecule has 1 aromatic rings. The average Bonchev–Trinajstić information content (AvgIpc) is 3.02. The average molecular weight is 391 g/mol. The van der Waals surface area contributed by atoms with Gasteiger partial charge in [0.25, 0.3) is 5.91 Å². The molecule has 4 amide bonds. The molecule has 0 aromatic heterocycles. The minimum Gasteiger partial charge on any atom is -0.495 e. The first-order valence-corrected chi connectivity index (χ1v) is 8.98. The summed E-state index contributed by atoms with van der Waals surface area (Å²) < 4.78 is 10.4. The predicted octanol–water partition coefficient (Wildman–Crippen LogP) is 1.21. The van der Waals surface area contributed by atoms with Gasteiger partial charge >= 0.3 is 12.0 Å². The molecule has 0 unspecified atom stereocenters. The van der Waals surface area contributed by atoms with Crippen LogP contribution in [0, 0.1) is 5.92 Å². The number of imide groups is 1. The molecule has 0 bridgehead atoms. The van der Waals surface area contributed by atoms with E-state index in [0.29, 0.717) is 11.4 Å². The molecule has 2 rings (SSSR count). The lowest BCUT2D eigenvalue weighted by Crippen LogP contribution is -2.47. The Morgan fingerprint density at radius 1 is 1.18 bits per heavy atom. The van der Waals surface area contributed by atoms with Gasteiger partial charge in [0.1, 0.15) is 5.75 Å². The van der Waals surface area contributed by atoms with Crippen LogP contribution in [0.5, 0.6) is 5.75 Å². The molecule has 152 valence electrons. The number of ether oxygens (including phenoxy) is 2. The van der Waals surface area contributed by atoms with E-state index in [9.17, 15) is 19.2 Å². The Labute approximate surface area is 163 Å². The van der Waals surface area contributed by atoms with Gasteiger partial charge in [-0.1, -0.05) is 12.1 Å². The number of hydrogen-bond donors (Lipinski definition) is 2. The van der Waals surface area contributed by atoms with E-state index in [2.05, 4.69) is 10.6 Å². The van der Waals surface area contributed by atoms with Crippen molar-refractivity contribution in [1.29, 1.82) is 0 Å². The van der Waals surface area contributed by atoms with E-state index in [1.165, 1.54) is 18.9 Å². The lowest BCUT2D eigenvalue weighted by Gasteiger charge is -2.20. The number of carbonyl (C=O) groups is 4. The van der Waals surface area contributed by atoms with Crippen molar-refractivity contribution in [2.75, 3.05) is 18.6 Å². The zero-order valence-corrected chi connectivity index (χ0v) is 16.4. The van der Waals surface area contributed by atoms with E-state index in [4.69, 9.17) is 9.47 Å². The molecular formula is C19H25N3O6. The van der Waals surface area contributed by atoms with Gasteiger partial charge in [-0.25, -0.2) is 4.79 Å². The molecule has 1 aliphatic rings. The topological polar surface area (TPSA) is 114 Å². The van der Waals surface area contributed by atoms with Gasteiger partial charge in [-0.15, -0.1) is 0 Å². The Balaban J connectivity index is 1.95. The maximum absolute atomic E-state index is 12.4. The fourth-order valence-corrected chi connectivity index (χ4v) is 2.79. The number of anilines is 1. The SMILES string of the molecule is COc1ccccc1N1C[C@@H](C(=O)O[C@H](C)C(=O)NC(=O)NC(C)C)CC1=O. The minimum absolute atomic E-state index is 0.0287. The van der Waals surface area contributed by atoms with Crippen LogP contribution in [-0.2, 0) is 19.1 Å². The van der Waals surface area contributed by atoms with Crippen molar-refractivity contribution in [2.24, 2.45) is 5.92 Å². The molecule has 1 aliphatic heterocycles. The van der Waals surface area contributed by atoms with Crippen LogP contribution in [0.25, 0.3) is 0 Å². The van der Waals surface area contributed by atoms with E-state index in [1.807, 2.05) is 0 Å². The Kier molecular flexibility index (Phi) is 6.97. The van der Waals surface area contributed by atoms with Crippen molar-refractivity contribution in [3.63, 3.8) is 0 Å². The normalized spacial score (nSPS) is 17.2. The van der Waals surface area contributed by atoms with Crippen LogP contribution in [-0.4, -0.2) is 49.6 Å². The van der Waals surface area contributed by atoms with Gasteiger partial charge in [-0.3, -0.25) is 19.7 Å². The van der Waals surface area contributed by atoms with E-state index >= 15 is 0 Å². The summed E-state index contributed by atoms with van der Waals surface area (Å²) in [5, 5.41) is 4.61. The number of carbonyl (C=O) groups excluding carboxylic acids is 4. The number of para-hydroxylation sites is 2. The summed E-state index contributed by atoms with van der Waals surface area (Å²) in [5.74, 6) is -1.83. The van der Waals surface area contributed by atoms with Gasteiger partial charge in [0.15, 0.2) is 6.10 Å². The van der Waals surface area contributed by atoms with Crippen LogP contribution in [0.2, 0.25) is 0 Å². The molecule has 9 heteroatoms. The number of urea groups is 1. The van der Waals surface area contributed by atoms with Crippen molar-refractivity contribution in [2.45, 2.75) is 39.3 Å². The summed E-state index contributed by atoms with van der Waals surface area (Å²) in [7, 11) is 1.50. The van der Waals surface area contributed by atoms with E-state index in [0.717, 1.165) is 0 Å². The Hall–Kier alpha value is -3.10. The fraction of sp³-hybridized carbons (Fsp3) is 0.474. The van der Waals surface area contributed by atoms with Crippen molar-refractivity contribution in [3.8, 4) is 5.75 Å². The molecule has 9 nitrogen and oxygen atoms in total. The number of nitrogens with one attached hydrogen (secondary N) is 2. The molecule has 2 atom stereocenters. The number of hydrogen-bond acceptors (Lipinski definition) is 6. The third kappa shape index (κ3) is 5.21. The second kappa shape index (κ2) is 9.20. The molecule has 0 saturated carbocycles. The summed E-state index contributed by atoms with van der Waals surface area (Å²) >= 11 is 0. The van der Waals surface area contributed by atoms with Gasteiger partial charge in [-0.2, -0.15) is 0 Å². The maximum Gasteiger partial charge on any atom is 0.321 e. The number of nitrogens with zero attached hydrogens (tertiary/aromatic N) is 1. The quantitative estimate of drug-likeness (QED) is 0.705. The molecule has 1 saturated heterocycles. The second-order valence-electron chi connectivity index (χ2n) is 6.77. The molecule has 2 N–H and O–H groups in total. The van der Waals surface area contributed by atoms with Crippen molar-refractivity contribution >= 4 is 29.5 Å². The molecule has 0 aliphatic carbocycles. The Bertz CT molecular complexity index is 764. The lowest BCUT2D eigenvalue weighted by atomic mass is 10.1. The van der Waals surface area contributed by atoms with Crippen molar-refractivity contribution in [3.05, 3.63) is 24.3 Å². The van der Waals surface area contributed by atoms with Crippen LogP contribution in [0.3, 0.4) is 0 Å². The number of esters is 1. The lowest BCUT2D eigenvalue weighted by molar-refractivity contribution is -0.158. The number of methoxy groups -OCH3 is 1. The van der Waals surface area contributed by atoms with Crippen LogP contribution < -0.4 is 20.3 Å². The highest BCUT2D eigenvalue weighted by atomic mass is 16.5. The minimum atomic E-state index is -1.17. The summed E-state index contributed by atoms with van der Waals surface area (Å²) in [5.41, 5.74) is 0.571. The number of amides is 4. The molecular weight excluding hydrogens is 366 g/mol. The van der Waals surface area contributed by atoms with E-state index < -0.39 is 29.9 Å². The van der Waals surface area contributed by atoms with Gasteiger partial charge in [0.05, 0.1) is 18.7 Å². The van der Waals surface area contributed by atoms with E-state index in [-0.39, 0.29) is 24.9 Å². The number of benzene rings is 1. The third-order valence-electron chi connectivity index (χ3n) is 4.15. The van der Waals surface area contributed by atoms with Crippen LogP contribution in [0.15, 0.2) is 24.3 Å². The van der Waals surface area contributed by atoms with Crippen LogP contribution in [0.4, 0.5) is 10.5 Å². The smallest absolute Gasteiger partial charge is 0.321 e. The van der Waals surface area contributed by atoms with E-state index in [1.54, 1.807) is 38.1 Å². The standard InChI is InChI=1S/C19H25N3O6/c1-11(2)20-19(26)21-17(24)12(3)28-18(25)13-9-16(23)22(10-13)14-7-5-6-8-15(14)27-4/h5-8,11-13H,9-10H2,1-4H3,(H2,20,21,24,26)/t12-,13+/m1/s1. The predicted molar refractivity (Wildman–Crippen MR) is 101 cm³/mol. The Morgan fingerprint density at radius 2 is 1.86 bits per heavy atom. The van der Waals surface area contributed by atoms with Gasteiger partial charge in [0.2, 0.25) is 5.91 Å². The van der Waals surface area contributed by atoms with Gasteiger partial charge in [-0.05, 0) is 32.9 Å². The maximum atomic E-state index is 12.4. The molecule has 1 fully saturated rings. The highest BCUT2D eigenvalue weighted by Crippen LogP contribution is 2.33. The van der Waals surface area contributed by atoms with Crippen molar-refractivity contribution in [1.82, 2.24) is 10.6 Å². The largest absolute Gasteiger partial charge is 0.495 e. The first kappa shape index (κ1) is 21.2. The van der Waals surface area contributed by atoms with Crippen LogP contribution >= 0.6 is 0 Å². The van der Waals surface area contributed by atoms with Gasteiger partial charge in [0, 0.05) is 19.0 Å². The van der Waals surface area contributed by atoms with Gasteiger partial charge < -0.3 is 19.7 Å². The third-order valence-corrected chi connectivity index (χ3v) is 4.15. The molecule has 0 spiro atoms. The molecule has 1 heterocycles. The highest BCUT2D eigenvalue weighted by Gasteiger charge is 2.38. The molecule has 1 aromatic carbocycles. The summed E-state index contributed by atoms with van der Waals surface area (Å²) in [6, 6.07) is 6.20. The summed E-state index contributed by atoms with van der Waals surface area (Å²) in [6.07, 6.45) is -1.19. The zero-order valence-electron chi connectivity index (χ0n) is 16.4.